The van der Waals surface area contributed by atoms with Crippen LogP contribution in [0.4, 0.5) is 0 Å². The summed E-state index contributed by atoms with van der Waals surface area (Å²) in [6.45, 7) is 13.3. The van der Waals surface area contributed by atoms with Crippen molar-refractivity contribution in [1.82, 2.24) is 0 Å². The van der Waals surface area contributed by atoms with Gasteiger partial charge in [-0.2, -0.15) is 0 Å². The van der Waals surface area contributed by atoms with Gasteiger partial charge in [-0.15, -0.1) is 0 Å². The smallest absolute Gasteiger partial charge is 0.262 e. The lowest BCUT2D eigenvalue weighted by Gasteiger charge is -2.31. The highest BCUT2D eigenvalue weighted by Gasteiger charge is 2.31. The van der Waals surface area contributed by atoms with Crippen molar-refractivity contribution < 1.29 is 9.42 Å². The topological polar surface area (TPSA) is 29.5 Å². The molecule has 0 radical (unpaired) electrons. The molecule has 0 saturated heterocycles. The molecule has 0 amide bonds. The molecule has 1 atom stereocenters. The second kappa shape index (κ2) is 7.52. The molecule has 1 N–H and O–H groups in total. The Bertz CT molecular complexity index is 1070. The average molecular weight is 419 g/mol. The Morgan fingerprint density at radius 3 is 2.07 bits per heavy atom. The van der Waals surface area contributed by atoms with E-state index >= 15 is 0 Å². The largest absolute Gasteiger partial charge is 0.443 e. The molecule has 3 aromatic carbocycles. The first-order valence-electron chi connectivity index (χ1n) is 10.6. The fraction of sp³-hybridized carbons (Fsp3) is 0.333. The van der Waals surface area contributed by atoms with E-state index in [1.807, 2.05) is 6.07 Å². The molecule has 1 unspecified atom stereocenters. The molecule has 2 nitrogen and oxygen atoms in total. The molecule has 0 bridgehead atoms. The van der Waals surface area contributed by atoms with Gasteiger partial charge in [0, 0.05) is 12.0 Å². The number of fused-ring (bicyclic) bond motifs is 3. The Balaban J connectivity index is 1.91. The van der Waals surface area contributed by atoms with Gasteiger partial charge < -0.3 is 9.42 Å². The molecule has 4 rings (SSSR count). The molecule has 1 heterocycles. The van der Waals surface area contributed by atoms with Crippen LogP contribution in [0.5, 0.6) is 5.75 Å². The average Bonchev–Trinajstić information content (AvgIpc) is 2.67. The highest BCUT2D eigenvalue weighted by atomic mass is 31.2. The Hall–Kier alpha value is -2.15. The van der Waals surface area contributed by atoms with Crippen LogP contribution in [0, 0.1) is 0 Å². The standard InChI is InChI=1S/C27H31O2P/c1-26(2,3)20-12-13-22-23-16-21(27(4,5)6)15-19(14-18-10-8-7-9-11-18)25(23)29-30(28)24(22)17-20/h7-13,15-17,28H,14H2,1-6H3. The quantitative estimate of drug-likeness (QED) is 0.461. The number of hydrogen-bond acceptors (Lipinski definition) is 2. The van der Waals surface area contributed by atoms with E-state index in [1.54, 1.807) is 0 Å². The highest BCUT2D eigenvalue weighted by Crippen LogP contribution is 2.50. The second-order valence-electron chi connectivity index (χ2n) is 10.3. The first kappa shape index (κ1) is 21.1. The molecule has 0 aromatic heterocycles. The summed E-state index contributed by atoms with van der Waals surface area (Å²) in [5, 5.41) is 0.918. The van der Waals surface area contributed by atoms with E-state index in [1.165, 1.54) is 16.7 Å². The van der Waals surface area contributed by atoms with Gasteiger partial charge in [0.15, 0.2) is 0 Å². The Labute approximate surface area is 181 Å². The van der Waals surface area contributed by atoms with E-state index < -0.39 is 8.38 Å². The van der Waals surface area contributed by atoms with Crippen molar-refractivity contribution in [2.24, 2.45) is 0 Å². The van der Waals surface area contributed by atoms with Crippen molar-refractivity contribution in [3.63, 3.8) is 0 Å². The summed E-state index contributed by atoms with van der Waals surface area (Å²) in [5.41, 5.74) is 7.11. The maximum Gasteiger partial charge on any atom is 0.262 e. The summed E-state index contributed by atoms with van der Waals surface area (Å²) in [6.07, 6.45) is 0.783. The zero-order valence-electron chi connectivity index (χ0n) is 18.8. The zero-order valence-corrected chi connectivity index (χ0v) is 19.7. The minimum Gasteiger partial charge on any atom is -0.443 e. The summed E-state index contributed by atoms with van der Waals surface area (Å²) in [7, 11) is -1.69. The van der Waals surface area contributed by atoms with E-state index in [4.69, 9.17) is 4.52 Å². The molecule has 156 valence electrons. The molecule has 30 heavy (non-hydrogen) atoms. The second-order valence-corrected chi connectivity index (χ2v) is 11.5. The summed E-state index contributed by atoms with van der Waals surface area (Å²) in [4.78, 5) is 11.0. The van der Waals surface area contributed by atoms with Crippen molar-refractivity contribution in [3.05, 3.63) is 82.9 Å². The van der Waals surface area contributed by atoms with Crippen LogP contribution in [-0.4, -0.2) is 4.89 Å². The van der Waals surface area contributed by atoms with Crippen LogP contribution in [-0.2, 0) is 17.3 Å². The molecule has 1 aliphatic heterocycles. The van der Waals surface area contributed by atoms with Crippen molar-refractivity contribution in [2.45, 2.75) is 58.8 Å². The molecular formula is C27H31O2P. The minimum atomic E-state index is -1.69. The van der Waals surface area contributed by atoms with Crippen LogP contribution in [0.1, 0.15) is 63.8 Å². The minimum absolute atomic E-state index is 0.0212. The predicted octanol–water partition coefficient (Wildman–Crippen LogP) is 6.86. The van der Waals surface area contributed by atoms with Crippen LogP contribution in [0.2, 0.25) is 0 Å². The monoisotopic (exact) mass is 418 g/mol. The van der Waals surface area contributed by atoms with Gasteiger partial charge in [-0.25, -0.2) is 0 Å². The van der Waals surface area contributed by atoms with Gasteiger partial charge >= 0.3 is 0 Å². The zero-order chi connectivity index (χ0) is 21.7. The third-order valence-electron chi connectivity index (χ3n) is 5.81. The normalized spacial score (nSPS) is 15.9. The molecule has 0 saturated carbocycles. The van der Waals surface area contributed by atoms with Gasteiger partial charge in [-0.05, 0) is 50.8 Å². The lowest BCUT2D eigenvalue weighted by molar-refractivity contribution is 0.493. The van der Waals surface area contributed by atoms with Crippen molar-refractivity contribution >= 4 is 13.7 Å². The van der Waals surface area contributed by atoms with E-state index in [-0.39, 0.29) is 10.8 Å². The Kier molecular flexibility index (Phi) is 5.29. The van der Waals surface area contributed by atoms with E-state index in [9.17, 15) is 4.89 Å². The van der Waals surface area contributed by atoms with E-state index in [2.05, 4.69) is 96.1 Å². The van der Waals surface area contributed by atoms with Gasteiger partial charge in [-0.1, -0.05) is 90.1 Å². The van der Waals surface area contributed by atoms with Crippen LogP contribution in [0.15, 0.2) is 60.7 Å². The summed E-state index contributed by atoms with van der Waals surface area (Å²) in [6, 6.07) is 21.5. The third-order valence-corrected chi connectivity index (χ3v) is 6.94. The van der Waals surface area contributed by atoms with Gasteiger partial charge in [-0.3, -0.25) is 0 Å². The van der Waals surface area contributed by atoms with Gasteiger partial charge in [0.1, 0.15) is 5.75 Å². The number of hydrogen-bond donors (Lipinski definition) is 1. The first-order valence-corrected chi connectivity index (χ1v) is 11.8. The van der Waals surface area contributed by atoms with Crippen molar-refractivity contribution in [3.8, 4) is 16.9 Å². The molecular weight excluding hydrogens is 387 g/mol. The Morgan fingerprint density at radius 2 is 1.43 bits per heavy atom. The summed E-state index contributed by atoms with van der Waals surface area (Å²) in [5.74, 6) is 0.830. The van der Waals surface area contributed by atoms with Crippen molar-refractivity contribution in [1.29, 1.82) is 0 Å². The molecule has 0 spiro atoms. The lowest BCUT2D eigenvalue weighted by atomic mass is 9.82. The molecule has 0 fully saturated rings. The SMILES string of the molecule is CC(C)(C)c1cc(Cc2ccccc2)c2c(c1)-c1ccc(C(C)(C)C)cc1P(O)O2. The van der Waals surface area contributed by atoms with Gasteiger partial charge in [0.2, 0.25) is 0 Å². The highest BCUT2D eigenvalue weighted by molar-refractivity contribution is 7.56. The Morgan fingerprint density at radius 1 is 0.767 bits per heavy atom. The van der Waals surface area contributed by atoms with Crippen LogP contribution in [0.3, 0.4) is 0 Å². The molecule has 3 aromatic rings. The predicted molar refractivity (Wildman–Crippen MR) is 128 cm³/mol. The fourth-order valence-corrected chi connectivity index (χ4v) is 5.03. The van der Waals surface area contributed by atoms with Crippen LogP contribution in [0.25, 0.3) is 11.1 Å². The maximum atomic E-state index is 11.0. The summed E-state index contributed by atoms with van der Waals surface area (Å²) >= 11 is 0. The molecule has 3 heteroatoms. The third kappa shape index (κ3) is 4.04. The number of benzene rings is 3. The van der Waals surface area contributed by atoms with E-state index in [0.29, 0.717) is 0 Å². The van der Waals surface area contributed by atoms with E-state index in [0.717, 1.165) is 34.2 Å². The van der Waals surface area contributed by atoms with Gasteiger partial charge in [0.05, 0.1) is 5.30 Å². The number of rotatable bonds is 2. The first-order chi connectivity index (χ1) is 14.0. The molecule has 1 aliphatic rings. The lowest BCUT2D eigenvalue weighted by Crippen LogP contribution is -2.21. The maximum absolute atomic E-state index is 11.0. The fourth-order valence-electron chi connectivity index (χ4n) is 3.90. The molecule has 0 aliphatic carbocycles. The van der Waals surface area contributed by atoms with Crippen LogP contribution < -0.4 is 9.83 Å². The van der Waals surface area contributed by atoms with Crippen LogP contribution >= 0.6 is 8.38 Å². The summed E-state index contributed by atoms with van der Waals surface area (Å²) < 4.78 is 6.22. The van der Waals surface area contributed by atoms with Gasteiger partial charge in [0.25, 0.3) is 8.38 Å². The van der Waals surface area contributed by atoms with Crippen molar-refractivity contribution in [2.75, 3.05) is 0 Å².